The number of nitrogens with zero attached hydrogens (tertiary/aromatic N) is 1. The normalized spacial score (nSPS) is 13.6. The summed E-state index contributed by atoms with van der Waals surface area (Å²) in [5, 5.41) is 8.71. The van der Waals surface area contributed by atoms with Crippen LogP contribution in [0.3, 0.4) is 0 Å². The maximum Gasteiger partial charge on any atom is 0.171 e. The molecule has 2 atom stereocenters. The van der Waals surface area contributed by atoms with Gasteiger partial charge < -0.3 is 14.9 Å². The van der Waals surface area contributed by atoms with Crippen molar-refractivity contribution >= 4 is 0 Å². The SMILES string of the molecule is Cc1ccc(C(Oc2ccc(C#N)cc2F)C(C)N)o1. The first-order chi connectivity index (χ1) is 9.51. The lowest BCUT2D eigenvalue weighted by Gasteiger charge is -2.20. The number of hydrogen-bond donors (Lipinski definition) is 1. The van der Waals surface area contributed by atoms with Crippen LogP contribution in [0.5, 0.6) is 5.75 Å². The molecule has 0 saturated heterocycles. The number of benzene rings is 1. The molecule has 0 bridgehead atoms. The monoisotopic (exact) mass is 274 g/mol. The second kappa shape index (κ2) is 5.76. The van der Waals surface area contributed by atoms with Gasteiger partial charge in [-0.05, 0) is 44.2 Å². The van der Waals surface area contributed by atoms with Gasteiger partial charge in [-0.1, -0.05) is 0 Å². The molecule has 2 unspecified atom stereocenters. The van der Waals surface area contributed by atoms with E-state index in [0.29, 0.717) is 5.76 Å². The number of rotatable bonds is 4. The first-order valence-corrected chi connectivity index (χ1v) is 6.19. The molecule has 0 aliphatic heterocycles. The summed E-state index contributed by atoms with van der Waals surface area (Å²) < 4.78 is 24.9. The zero-order valence-corrected chi connectivity index (χ0v) is 11.3. The van der Waals surface area contributed by atoms with Crippen molar-refractivity contribution in [1.82, 2.24) is 0 Å². The molecule has 1 aromatic heterocycles. The first-order valence-electron chi connectivity index (χ1n) is 6.19. The summed E-state index contributed by atoms with van der Waals surface area (Å²) in [4.78, 5) is 0. The molecule has 0 amide bonds. The molecule has 4 nitrogen and oxygen atoms in total. The minimum atomic E-state index is -0.599. The molecular weight excluding hydrogens is 259 g/mol. The number of nitriles is 1. The summed E-state index contributed by atoms with van der Waals surface area (Å²) in [5.74, 6) is 0.717. The second-order valence-electron chi connectivity index (χ2n) is 4.60. The molecule has 104 valence electrons. The zero-order chi connectivity index (χ0) is 14.7. The van der Waals surface area contributed by atoms with E-state index < -0.39 is 11.9 Å². The van der Waals surface area contributed by atoms with Crippen molar-refractivity contribution in [3.8, 4) is 11.8 Å². The van der Waals surface area contributed by atoms with Crippen molar-refractivity contribution in [2.75, 3.05) is 0 Å². The summed E-state index contributed by atoms with van der Waals surface area (Å²) >= 11 is 0. The number of halogens is 1. The molecule has 5 heteroatoms. The number of nitrogens with two attached hydrogens (primary N) is 1. The van der Waals surface area contributed by atoms with Gasteiger partial charge >= 0.3 is 0 Å². The average Bonchev–Trinajstić information content (AvgIpc) is 2.83. The van der Waals surface area contributed by atoms with Crippen LogP contribution < -0.4 is 10.5 Å². The minimum Gasteiger partial charge on any atom is -0.478 e. The fourth-order valence-corrected chi connectivity index (χ4v) is 1.83. The summed E-state index contributed by atoms with van der Waals surface area (Å²) in [5.41, 5.74) is 6.11. The van der Waals surface area contributed by atoms with Gasteiger partial charge in [0.05, 0.1) is 11.6 Å². The van der Waals surface area contributed by atoms with Crippen LogP contribution in [0.1, 0.15) is 30.1 Å². The molecule has 1 aromatic carbocycles. The van der Waals surface area contributed by atoms with Gasteiger partial charge in [-0.3, -0.25) is 0 Å². The maximum absolute atomic E-state index is 13.8. The largest absolute Gasteiger partial charge is 0.478 e. The van der Waals surface area contributed by atoms with E-state index in [9.17, 15) is 4.39 Å². The van der Waals surface area contributed by atoms with Gasteiger partial charge in [-0.15, -0.1) is 0 Å². The van der Waals surface area contributed by atoms with Crippen molar-refractivity contribution in [2.45, 2.75) is 26.0 Å². The quantitative estimate of drug-likeness (QED) is 0.930. The van der Waals surface area contributed by atoms with Crippen LogP contribution in [-0.2, 0) is 0 Å². The van der Waals surface area contributed by atoms with E-state index in [-0.39, 0.29) is 17.4 Å². The molecule has 20 heavy (non-hydrogen) atoms. The fourth-order valence-electron chi connectivity index (χ4n) is 1.83. The topological polar surface area (TPSA) is 72.2 Å². The summed E-state index contributed by atoms with van der Waals surface area (Å²) in [7, 11) is 0. The molecule has 2 rings (SSSR count). The molecule has 0 aliphatic rings. The van der Waals surface area contributed by atoms with Gasteiger partial charge in [0.25, 0.3) is 0 Å². The standard InChI is InChI=1S/C15H15FN2O2/c1-9-3-5-14(19-9)15(10(2)18)20-13-6-4-11(8-17)7-12(13)16/h3-7,10,15H,18H2,1-2H3. The predicted octanol–water partition coefficient (Wildman–Crippen LogP) is 3.07. The van der Waals surface area contributed by atoms with Gasteiger partial charge in [0, 0.05) is 6.04 Å². The molecule has 0 spiro atoms. The van der Waals surface area contributed by atoms with Crippen LogP contribution >= 0.6 is 0 Å². The van der Waals surface area contributed by atoms with Gasteiger partial charge in [-0.25, -0.2) is 4.39 Å². The Kier molecular flexibility index (Phi) is 4.06. The highest BCUT2D eigenvalue weighted by Gasteiger charge is 2.23. The lowest BCUT2D eigenvalue weighted by molar-refractivity contribution is 0.145. The third kappa shape index (κ3) is 2.98. The molecule has 1 heterocycles. The fraction of sp³-hybridized carbons (Fsp3) is 0.267. The number of aryl methyl sites for hydroxylation is 1. The zero-order valence-electron chi connectivity index (χ0n) is 11.3. The number of ether oxygens (including phenoxy) is 1. The summed E-state index contributed by atoms with van der Waals surface area (Å²) in [6.45, 7) is 3.56. The van der Waals surface area contributed by atoms with Crippen LogP contribution in [0.2, 0.25) is 0 Å². The van der Waals surface area contributed by atoms with Crippen molar-refractivity contribution in [2.24, 2.45) is 5.73 Å². The van der Waals surface area contributed by atoms with Crippen LogP contribution in [0.4, 0.5) is 4.39 Å². The Bertz CT molecular complexity index is 644. The third-order valence-corrected chi connectivity index (χ3v) is 2.83. The maximum atomic E-state index is 13.8. The molecule has 0 fully saturated rings. The van der Waals surface area contributed by atoms with Crippen LogP contribution in [0, 0.1) is 24.1 Å². The van der Waals surface area contributed by atoms with Gasteiger partial charge in [0.1, 0.15) is 11.5 Å². The Labute approximate surface area is 116 Å². The summed E-state index contributed by atoms with van der Waals surface area (Å²) in [6.07, 6.45) is -0.592. The van der Waals surface area contributed by atoms with E-state index >= 15 is 0 Å². The van der Waals surface area contributed by atoms with E-state index in [0.717, 1.165) is 11.8 Å². The van der Waals surface area contributed by atoms with Crippen molar-refractivity contribution in [1.29, 1.82) is 5.26 Å². The van der Waals surface area contributed by atoms with E-state index in [1.54, 1.807) is 19.1 Å². The highest BCUT2D eigenvalue weighted by Crippen LogP contribution is 2.28. The first kappa shape index (κ1) is 14.1. The molecular formula is C15H15FN2O2. The Morgan fingerprint density at radius 1 is 1.35 bits per heavy atom. The molecule has 0 aliphatic carbocycles. The highest BCUT2D eigenvalue weighted by molar-refractivity contribution is 5.36. The van der Waals surface area contributed by atoms with Crippen molar-refractivity contribution < 1.29 is 13.5 Å². The van der Waals surface area contributed by atoms with E-state index in [2.05, 4.69) is 0 Å². The number of hydrogen-bond acceptors (Lipinski definition) is 4. The molecule has 0 radical (unpaired) electrons. The smallest absolute Gasteiger partial charge is 0.171 e. The van der Waals surface area contributed by atoms with Gasteiger partial charge in [0.2, 0.25) is 0 Å². The van der Waals surface area contributed by atoms with E-state index in [4.69, 9.17) is 20.1 Å². The van der Waals surface area contributed by atoms with Gasteiger partial charge in [0.15, 0.2) is 17.7 Å². The lowest BCUT2D eigenvalue weighted by atomic mass is 10.1. The average molecular weight is 274 g/mol. The Hall–Kier alpha value is -2.32. The number of furan rings is 1. The van der Waals surface area contributed by atoms with E-state index in [1.807, 2.05) is 13.0 Å². The van der Waals surface area contributed by atoms with E-state index in [1.165, 1.54) is 12.1 Å². The lowest BCUT2D eigenvalue weighted by Crippen LogP contribution is -2.29. The van der Waals surface area contributed by atoms with Crippen molar-refractivity contribution in [3.63, 3.8) is 0 Å². The molecule has 0 saturated carbocycles. The molecule has 2 N–H and O–H groups in total. The van der Waals surface area contributed by atoms with Crippen LogP contribution in [0.15, 0.2) is 34.7 Å². The third-order valence-electron chi connectivity index (χ3n) is 2.83. The molecule has 2 aromatic rings. The summed E-state index contributed by atoms with van der Waals surface area (Å²) in [6, 6.07) is 9.07. The predicted molar refractivity (Wildman–Crippen MR) is 71.6 cm³/mol. The van der Waals surface area contributed by atoms with Crippen molar-refractivity contribution in [3.05, 3.63) is 53.2 Å². The minimum absolute atomic E-state index is 0.0420. The van der Waals surface area contributed by atoms with Crippen LogP contribution in [-0.4, -0.2) is 6.04 Å². The Balaban J connectivity index is 2.27. The second-order valence-corrected chi connectivity index (χ2v) is 4.60. The Morgan fingerprint density at radius 2 is 2.10 bits per heavy atom. The van der Waals surface area contributed by atoms with Crippen LogP contribution in [0.25, 0.3) is 0 Å². The van der Waals surface area contributed by atoms with Gasteiger partial charge in [-0.2, -0.15) is 5.26 Å². The Morgan fingerprint density at radius 3 is 2.60 bits per heavy atom. The highest BCUT2D eigenvalue weighted by atomic mass is 19.1.